The van der Waals surface area contributed by atoms with Gasteiger partial charge in [0.05, 0.1) is 13.7 Å². The molecule has 3 rings (SSSR count). The second-order valence-corrected chi connectivity index (χ2v) is 5.17. The van der Waals surface area contributed by atoms with Crippen LogP contribution < -0.4 is 4.74 Å². The van der Waals surface area contributed by atoms with Gasteiger partial charge < -0.3 is 9.30 Å². The number of methoxy groups -OCH3 is 1. The molecule has 0 fully saturated rings. The van der Waals surface area contributed by atoms with Crippen molar-refractivity contribution < 1.29 is 9.53 Å². The van der Waals surface area contributed by atoms with E-state index in [1.807, 2.05) is 34.3 Å². The molecule has 3 nitrogen and oxygen atoms in total. The Morgan fingerprint density at radius 1 is 1.21 bits per heavy atom. The molecule has 0 atom stereocenters. The number of thiophene rings is 1. The fourth-order valence-corrected chi connectivity index (χ4v) is 2.93. The predicted octanol–water partition coefficient (Wildman–Crippen LogP) is 3.59. The fraction of sp³-hybridized carbons (Fsp3) is 0.133. The van der Waals surface area contributed by atoms with Gasteiger partial charge in [0.2, 0.25) is 0 Å². The number of fused-ring (bicyclic) bond motifs is 1. The first-order valence-corrected chi connectivity index (χ1v) is 6.85. The molecule has 0 saturated carbocycles. The summed E-state index contributed by atoms with van der Waals surface area (Å²) in [5, 5.41) is 3.23. The Morgan fingerprint density at radius 3 is 2.74 bits per heavy atom. The van der Waals surface area contributed by atoms with Crippen LogP contribution in [0, 0.1) is 0 Å². The Hall–Kier alpha value is -2.07. The van der Waals surface area contributed by atoms with E-state index in [4.69, 9.17) is 4.74 Å². The zero-order valence-corrected chi connectivity index (χ0v) is 11.3. The molecule has 0 unspecified atom stereocenters. The van der Waals surface area contributed by atoms with E-state index < -0.39 is 0 Å². The zero-order valence-electron chi connectivity index (χ0n) is 10.5. The van der Waals surface area contributed by atoms with Crippen LogP contribution >= 0.6 is 11.3 Å². The summed E-state index contributed by atoms with van der Waals surface area (Å²) in [5.74, 6) is 0.867. The number of benzene rings is 1. The van der Waals surface area contributed by atoms with Crippen molar-refractivity contribution in [3.05, 3.63) is 53.5 Å². The summed E-state index contributed by atoms with van der Waals surface area (Å²) in [5.41, 5.74) is 0.708. The molecule has 3 aromatic rings. The second kappa shape index (κ2) is 4.90. The summed E-state index contributed by atoms with van der Waals surface area (Å²) in [7, 11) is 1.62. The summed E-state index contributed by atoms with van der Waals surface area (Å²) < 4.78 is 7.08. The average molecular weight is 271 g/mol. The number of hydrogen-bond acceptors (Lipinski definition) is 3. The molecule has 0 amide bonds. The first kappa shape index (κ1) is 12.0. The Bertz CT molecular complexity index is 709. The maximum Gasteiger partial charge on any atom is 0.182 e. The highest BCUT2D eigenvalue weighted by atomic mass is 32.1. The van der Waals surface area contributed by atoms with Crippen LogP contribution in [0.4, 0.5) is 0 Å². The van der Waals surface area contributed by atoms with Gasteiger partial charge in [-0.15, -0.1) is 11.3 Å². The van der Waals surface area contributed by atoms with Gasteiger partial charge >= 0.3 is 0 Å². The van der Waals surface area contributed by atoms with Gasteiger partial charge in [0.15, 0.2) is 5.78 Å². The van der Waals surface area contributed by atoms with Gasteiger partial charge in [-0.2, -0.15) is 0 Å². The third kappa shape index (κ3) is 2.27. The van der Waals surface area contributed by atoms with Crippen LogP contribution in [-0.4, -0.2) is 17.5 Å². The summed E-state index contributed by atoms with van der Waals surface area (Å²) in [6.07, 6.45) is 1.96. The first-order chi connectivity index (χ1) is 9.28. The van der Waals surface area contributed by atoms with Crippen molar-refractivity contribution >= 4 is 27.3 Å². The molecule has 4 heteroatoms. The van der Waals surface area contributed by atoms with Gasteiger partial charge in [-0.25, -0.2) is 0 Å². The SMILES string of the molecule is COc1ccc(C(=O)Cn2ccc3ccsc32)cc1. The normalized spacial score (nSPS) is 10.8. The van der Waals surface area contributed by atoms with Crippen molar-refractivity contribution in [1.29, 1.82) is 0 Å². The topological polar surface area (TPSA) is 31.2 Å². The van der Waals surface area contributed by atoms with Gasteiger partial charge in [0.25, 0.3) is 0 Å². The highest BCUT2D eigenvalue weighted by molar-refractivity contribution is 7.16. The molecular formula is C15H13NO2S. The molecule has 0 aliphatic carbocycles. The number of ketones is 1. The van der Waals surface area contributed by atoms with Crippen LogP contribution in [-0.2, 0) is 6.54 Å². The lowest BCUT2D eigenvalue weighted by atomic mass is 10.1. The lowest BCUT2D eigenvalue weighted by Gasteiger charge is -2.05. The third-order valence-electron chi connectivity index (χ3n) is 3.10. The smallest absolute Gasteiger partial charge is 0.182 e. The standard InChI is InChI=1S/C15H13NO2S/c1-18-13-4-2-11(3-5-13)14(17)10-16-8-6-12-7-9-19-15(12)16/h2-9H,10H2,1H3. The van der Waals surface area contributed by atoms with Crippen molar-refractivity contribution in [2.75, 3.05) is 7.11 Å². The lowest BCUT2D eigenvalue weighted by molar-refractivity contribution is 0.0974. The lowest BCUT2D eigenvalue weighted by Crippen LogP contribution is -2.08. The van der Waals surface area contributed by atoms with Crippen LogP contribution in [0.5, 0.6) is 5.75 Å². The van der Waals surface area contributed by atoms with E-state index in [9.17, 15) is 4.79 Å². The largest absolute Gasteiger partial charge is 0.497 e. The molecule has 0 spiro atoms. The van der Waals surface area contributed by atoms with Gasteiger partial charge in [0, 0.05) is 17.1 Å². The van der Waals surface area contributed by atoms with Crippen molar-refractivity contribution in [3.8, 4) is 5.75 Å². The van der Waals surface area contributed by atoms with Crippen LogP contribution in [0.2, 0.25) is 0 Å². The van der Waals surface area contributed by atoms with Gasteiger partial charge in [0.1, 0.15) is 10.6 Å². The number of carbonyl (C=O) groups excluding carboxylic acids is 1. The third-order valence-corrected chi connectivity index (χ3v) is 4.06. The molecule has 0 N–H and O–H groups in total. The van der Waals surface area contributed by atoms with Crippen LogP contribution in [0.1, 0.15) is 10.4 Å². The zero-order chi connectivity index (χ0) is 13.2. The summed E-state index contributed by atoms with van der Waals surface area (Å²) in [4.78, 5) is 13.4. The van der Waals surface area contributed by atoms with Gasteiger partial charge in [-0.05, 0) is 41.8 Å². The van der Waals surface area contributed by atoms with Gasteiger partial charge in [-0.1, -0.05) is 0 Å². The number of nitrogens with zero attached hydrogens (tertiary/aromatic N) is 1. The maximum atomic E-state index is 12.2. The highest BCUT2D eigenvalue weighted by Gasteiger charge is 2.09. The number of Topliss-reactive ketones (excluding diaryl/α,β-unsaturated/α-hetero) is 1. The minimum Gasteiger partial charge on any atom is -0.497 e. The number of carbonyl (C=O) groups is 1. The van der Waals surface area contributed by atoms with E-state index >= 15 is 0 Å². The Labute approximate surface area is 115 Å². The van der Waals surface area contributed by atoms with E-state index in [0.29, 0.717) is 12.1 Å². The highest BCUT2D eigenvalue weighted by Crippen LogP contribution is 2.22. The van der Waals surface area contributed by atoms with Gasteiger partial charge in [-0.3, -0.25) is 4.79 Å². The molecule has 96 valence electrons. The molecule has 2 aromatic heterocycles. The van der Waals surface area contributed by atoms with Crippen LogP contribution in [0.25, 0.3) is 10.2 Å². The number of aromatic nitrogens is 1. The summed E-state index contributed by atoms with van der Waals surface area (Å²) in [6, 6.07) is 11.3. The van der Waals surface area contributed by atoms with E-state index in [2.05, 4.69) is 6.07 Å². The van der Waals surface area contributed by atoms with E-state index in [0.717, 1.165) is 10.6 Å². The molecule has 0 radical (unpaired) electrons. The quantitative estimate of drug-likeness (QED) is 0.679. The molecule has 0 aliphatic rings. The Morgan fingerprint density at radius 2 is 2.00 bits per heavy atom. The van der Waals surface area contributed by atoms with Crippen LogP contribution in [0.3, 0.4) is 0 Å². The average Bonchev–Trinajstić information content (AvgIpc) is 3.04. The Balaban J connectivity index is 1.82. The van der Waals surface area contributed by atoms with E-state index in [1.54, 1.807) is 30.6 Å². The van der Waals surface area contributed by atoms with Crippen molar-refractivity contribution in [3.63, 3.8) is 0 Å². The van der Waals surface area contributed by atoms with Crippen LogP contribution in [0.15, 0.2) is 48.0 Å². The number of ether oxygens (including phenoxy) is 1. The minimum absolute atomic E-state index is 0.105. The monoisotopic (exact) mass is 271 g/mol. The first-order valence-electron chi connectivity index (χ1n) is 5.97. The molecule has 1 aromatic carbocycles. The maximum absolute atomic E-state index is 12.2. The fourth-order valence-electron chi connectivity index (χ4n) is 2.06. The summed E-state index contributed by atoms with van der Waals surface area (Å²) in [6.45, 7) is 0.371. The molecule has 2 heterocycles. The molecule has 19 heavy (non-hydrogen) atoms. The van der Waals surface area contributed by atoms with Crippen molar-refractivity contribution in [2.24, 2.45) is 0 Å². The Kier molecular flexibility index (Phi) is 3.09. The molecule has 0 bridgehead atoms. The number of rotatable bonds is 4. The van der Waals surface area contributed by atoms with Crippen molar-refractivity contribution in [2.45, 2.75) is 6.54 Å². The van der Waals surface area contributed by atoms with Crippen molar-refractivity contribution in [1.82, 2.24) is 4.57 Å². The van der Waals surface area contributed by atoms with E-state index in [-0.39, 0.29) is 5.78 Å². The van der Waals surface area contributed by atoms with E-state index in [1.165, 1.54) is 5.39 Å². The molecular weight excluding hydrogens is 258 g/mol. The second-order valence-electron chi connectivity index (χ2n) is 4.28. The molecule has 0 aliphatic heterocycles. The molecule has 0 saturated heterocycles. The summed E-state index contributed by atoms with van der Waals surface area (Å²) >= 11 is 1.65. The number of hydrogen-bond donors (Lipinski definition) is 0. The minimum atomic E-state index is 0.105. The predicted molar refractivity (Wildman–Crippen MR) is 77.1 cm³/mol.